The average molecular weight is 279 g/mol. The van der Waals surface area contributed by atoms with E-state index in [1.54, 1.807) is 7.11 Å². The van der Waals surface area contributed by atoms with Gasteiger partial charge in [-0.15, -0.1) is 0 Å². The largest absolute Gasteiger partial charge is 0.497 e. The van der Waals surface area contributed by atoms with E-state index in [1.165, 1.54) is 0 Å². The molecule has 0 fully saturated rings. The number of hydrogen-bond acceptors (Lipinski definition) is 2. The molecule has 102 valence electrons. The molecule has 2 rings (SSSR count). The standard InChI is InChI=1S/C15H19ClN2O/c1-15(2,3)14-12(16)13(17-18(14)4)10-6-8-11(19-5)9-7-10/h6-9H,1-5H3. The summed E-state index contributed by atoms with van der Waals surface area (Å²) >= 11 is 6.51. The molecule has 0 radical (unpaired) electrons. The quantitative estimate of drug-likeness (QED) is 0.829. The van der Waals surface area contributed by atoms with Crippen LogP contribution in [0.25, 0.3) is 11.3 Å². The molecule has 1 aromatic heterocycles. The van der Waals surface area contributed by atoms with Crippen LogP contribution in [0.5, 0.6) is 5.75 Å². The van der Waals surface area contributed by atoms with E-state index in [1.807, 2.05) is 36.0 Å². The zero-order chi connectivity index (χ0) is 14.2. The molecule has 0 N–H and O–H groups in total. The summed E-state index contributed by atoms with van der Waals surface area (Å²) in [5.74, 6) is 0.826. The Morgan fingerprint density at radius 2 is 1.74 bits per heavy atom. The van der Waals surface area contributed by atoms with Crippen molar-refractivity contribution < 1.29 is 4.74 Å². The molecule has 0 saturated carbocycles. The van der Waals surface area contributed by atoms with Crippen LogP contribution in [0.15, 0.2) is 24.3 Å². The molecule has 2 aromatic rings. The molecular formula is C15H19ClN2O. The van der Waals surface area contributed by atoms with Crippen molar-refractivity contribution in [3.63, 3.8) is 0 Å². The molecule has 1 aromatic carbocycles. The first-order valence-electron chi connectivity index (χ1n) is 6.22. The van der Waals surface area contributed by atoms with E-state index in [0.717, 1.165) is 27.7 Å². The third kappa shape index (κ3) is 2.61. The molecule has 0 aliphatic heterocycles. The van der Waals surface area contributed by atoms with Gasteiger partial charge in [-0.1, -0.05) is 32.4 Å². The zero-order valence-corrected chi connectivity index (χ0v) is 12.7. The van der Waals surface area contributed by atoms with Gasteiger partial charge in [-0.25, -0.2) is 0 Å². The number of nitrogens with zero attached hydrogens (tertiary/aromatic N) is 2. The lowest BCUT2D eigenvalue weighted by molar-refractivity contribution is 0.415. The number of aromatic nitrogens is 2. The van der Waals surface area contributed by atoms with Crippen molar-refractivity contribution in [3.05, 3.63) is 35.0 Å². The molecule has 19 heavy (non-hydrogen) atoms. The van der Waals surface area contributed by atoms with E-state index >= 15 is 0 Å². The van der Waals surface area contributed by atoms with E-state index in [9.17, 15) is 0 Å². The van der Waals surface area contributed by atoms with Gasteiger partial charge >= 0.3 is 0 Å². The Kier molecular flexibility index (Phi) is 3.59. The third-order valence-corrected chi connectivity index (χ3v) is 3.42. The maximum atomic E-state index is 6.51. The van der Waals surface area contributed by atoms with Crippen molar-refractivity contribution in [1.82, 2.24) is 9.78 Å². The molecule has 0 atom stereocenters. The zero-order valence-electron chi connectivity index (χ0n) is 12.0. The lowest BCUT2D eigenvalue weighted by atomic mass is 9.91. The average Bonchev–Trinajstić information content (AvgIpc) is 2.64. The Morgan fingerprint density at radius 1 is 1.16 bits per heavy atom. The van der Waals surface area contributed by atoms with Crippen LogP contribution in [-0.2, 0) is 12.5 Å². The lowest BCUT2D eigenvalue weighted by Crippen LogP contribution is -2.16. The first kappa shape index (κ1) is 13.9. The highest BCUT2D eigenvalue weighted by Gasteiger charge is 2.25. The van der Waals surface area contributed by atoms with Crippen LogP contribution in [0.2, 0.25) is 5.02 Å². The molecular weight excluding hydrogens is 260 g/mol. The normalized spacial score (nSPS) is 11.7. The van der Waals surface area contributed by atoms with Crippen LogP contribution < -0.4 is 4.74 Å². The first-order valence-corrected chi connectivity index (χ1v) is 6.60. The van der Waals surface area contributed by atoms with Crippen molar-refractivity contribution in [2.45, 2.75) is 26.2 Å². The fraction of sp³-hybridized carbons (Fsp3) is 0.400. The third-order valence-electron chi connectivity index (χ3n) is 3.06. The predicted octanol–water partition coefficient (Wildman–Crippen LogP) is 4.05. The molecule has 0 aliphatic rings. The Balaban J connectivity index is 2.51. The van der Waals surface area contributed by atoms with Crippen molar-refractivity contribution >= 4 is 11.6 Å². The summed E-state index contributed by atoms with van der Waals surface area (Å²) in [5.41, 5.74) is 2.82. The van der Waals surface area contributed by atoms with Gasteiger partial charge < -0.3 is 4.74 Å². The van der Waals surface area contributed by atoms with Gasteiger partial charge in [0.1, 0.15) is 11.4 Å². The molecule has 0 saturated heterocycles. The minimum Gasteiger partial charge on any atom is -0.497 e. The molecule has 0 unspecified atom stereocenters. The maximum absolute atomic E-state index is 6.51. The summed E-state index contributed by atoms with van der Waals surface area (Å²) in [5, 5.41) is 5.27. The van der Waals surface area contributed by atoms with Crippen LogP contribution in [-0.4, -0.2) is 16.9 Å². The number of methoxy groups -OCH3 is 1. The summed E-state index contributed by atoms with van der Waals surface area (Å²) in [6, 6.07) is 7.77. The molecule has 0 amide bonds. The summed E-state index contributed by atoms with van der Waals surface area (Å²) in [6.07, 6.45) is 0. The van der Waals surface area contributed by atoms with Crippen LogP contribution in [0, 0.1) is 0 Å². The number of ether oxygens (including phenoxy) is 1. The Bertz CT molecular complexity index is 579. The van der Waals surface area contributed by atoms with E-state index in [2.05, 4.69) is 25.9 Å². The second kappa shape index (κ2) is 4.89. The molecule has 0 aliphatic carbocycles. The summed E-state index contributed by atoms with van der Waals surface area (Å²) in [6.45, 7) is 6.40. The van der Waals surface area contributed by atoms with Crippen LogP contribution in [0.3, 0.4) is 0 Å². The highest BCUT2D eigenvalue weighted by Crippen LogP contribution is 2.36. The van der Waals surface area contributed by atoms with Crippen molar-refractivity contribution in [2.24, 2.45) is 7.05 Å². The topological polar surface area (TPSA) is 27.1 Å². The van der Waals surface area contributed by atoms with Crippen LogP contribution >= 0.6 is 11.6 Å². The SMILES string of the molecule is COc1ccc(-c2nn(C)c(C(C)(C)C)c2Cl)cc1. The van der Waals surface area contributed by atoms with Gasteiger partial charge in [0.2, 0.25) is 0 Å². The molecule has 4 heteroatoms. The van der Waals surface area contributed by atoms with Gasteiger partial charge in [0.25, 0.3) is 0 Å². The van der Waals surface area contributed by atoms with Crippen LogP contribution in [0.1, 0.15) is 26.5 Å². The molecule has 3 nitrogen and oxygen atoms in total. The van der Waals surface area contributed by atoms with Gasteiger partial charge in [-0.3, -0.25) is 4.68 Å². The van der Waals surface area contributed by atoms with Gasteiger partial charge in [0, 0.05) is 18.0 Å². The minimum atomic E-state index is -0.0381. The first-order chi connectivity index (χ1) is 8.84. The molecule has 0 bridgehead atoms. The highest BCUT2D eigenvalue weighted by atomic mass is 35.5. The number of rotatable bonds is 2. The fourth-order valence-corrected chi connectivity index (χ4v) is 2.80. The number of hydrogen-bond donors (Lipinski definition) is 0. The van der Waals surface area contributed by atoms with Gasteiger partial charge in [0.05, 0.1) is 17.8 Å². The Hall–Kier alpha value is -1.48. The summed E-state index contributed by atoms with van der Waals surface area (Å²) in [4.78, 5) is 0. The van der Waals surface area contributed by atoms with Crippen molar-refractivity contribution in [2.75, 3.05) is 7.11 Å². The molecule has 0 spiro atoms. The summed E-state index contributed by atoms with van der Waals surface area (Å²) < 4.78 is 7.02. The second-order valence-corrected chi connectivity index (χ2v) is 5.99. The molecule has 1 heterocycles. The Labute approximate surface area is 119 Å². The minimum absolute atomic E-state index is 0.0381. The van der Waals surface area contributed by atoms with Crippen LogP contribution in [0.4, 0.5) is 0 Å². The number of aryl methyl sites for hydroxylation is 1. The summed E-state index contributed by atoms with van der Waals surface area (Å²) in [7, 11) is 3.58. The van der Waals surface area contributed by atoms with E-state index in [-0.39, 0.29) is 5.41 Å². The lowest BCUT2D eigenvalue weighted by Gasteiger charge is -2.19. The van der Waals surface area contributed by atoms with Crippen molar-refractivity contribution in [1.29, 1.82) is 0 Å². The predicted molar refractivity (Wildman–Crippen MR) is 78.9 cm³/mol. The van der Waals surface area contributed by atoms with E-state index in [0.29, 0.717) is 0 Å². The van der Waals surface area contributed by atoms with Gasteiger partial charge in [-0.05, 0) is 24.3 Å². The van der Waals surface area contributed by atoms with Gasteiger partial charge in [0.15, 0.2) is 0 Å². The maximum Gasteiger partial charge on any atom is 0.118 e. The highest BCUT2D eigenvalue weighted by molar-refractivity contribution is 6.33. The number of benzene rings is 1. The number of halogens is 1. The monoisotopic (exact) mass is 278 g/mol. The van der Waals surface area contributed by atoms with E-state index < -0.39 is 0 Å². The smallest absolute Gasteiger partial charge is 0.118 e. The fourth-order valence-electron chi connectivity index (χ4n) is 2.25. The van der Waals surface area contributed by atoms with E-state index in [4.69, 9.17) is 16.3 Å². The van der Waals surface area contributed by atoms with Gasteiger partial charge in [-0.2, -0.15) is 5.10 Å². The second-order valence-electron chi connectivity index (χ2n) is 5.61. The van der Waals surface area contributed by atoms with Crippen molar-refractivity contribution in [3.8, 4) is 17.0 Å². The Morgan fingerprint density at radius 3 is 2.16 bits per heavy atom.